The van der Waals surface area contributed by atoms with Crippen LogP contribution in [0.1, 0.15) is 27.0 Å². The number of fused-ring (bicyclic) bond motifs is 1. The van der Waals surface area contributed by atoms with Crippen molar-refractivity contribution in [2.24, 2.45) is 0 Å². The summed E-state index contributed by atoms with van der Waals surface area (Å²) in [5.41, 5.74) is 4.47. The van der Waals surface area contributed by atoms with E-state index in [1.165, 1.54) is 18.4 Å². The van der Waals surface area contributed by atoms with E-state index in [-0.39, 0.29) is 11.0 Å². The number of hydrogen-bond acceptors (Lipinski definition) is 5. The van der Waals surface area contributed by atoms with Gasteiger partial charge in [0, 0.05) is 4.47 Å². The number of benzene rings is 2. The monoisotopic (exact) mass is 463 g/mol. The molecule has 1 amide bonds. The number of nitrogens with one attached hydrogen (secondary N) is 2. The highest BCUT2D eigenvalue weighted by Gasteiger charge is 2.17. The Balaban J connectivity index is 1.80. The quantitative estimate of drug-likeness (QED) is 0.527. The lowest BCUT2D eigenvalue weighted by atomic mass is 10.1. The molecule has 0 spiro atoms. The predicted molar refractivity (Wildman–Crippen MR) is 118 cm³/mol. The Labute approximate surface area is 175 Å². The van der Waals surface area contributed by atoms with E-state index in [0.29, 0.717) is 16.4 Å². The van der Waals surface area contributed by atoms with Gasteiger partial charge >= 0.3 is 0 Å². The number of aromatic nitrogens is 1. The lowest BCUT2D eigenvalue weighted by Crippen LogP contribution is -2.34. The molecule has 2 aromatic carbocycles. The van der Waals surface area contributed by atoms with Crippen LogP contribution >= 0.6 is 39.5 Å². The largest absolute Gasteiger partial charge is 0.496 e. The van der Waals surface area contributed by atoms with Gasteiger partial charge < -0.3 is 10.1 Å². The Morgan fingerprint density at radius 3 is 2.56 bits per heavy atom. The predicted octanol–water partition coefficient (Wildman–Crippen LogP) is 5.12. The number of aryl methyl sites for hydroxylation is 3. The molecule has 0 radical (unpaired) electrons. The van der Waals surface area contributed by atoms with Crippen LogP contribution < -0.4 is 15.4 Å². The number of carbonyl (C=O) groups is 1. The maximum Gasteiger partial charge on any atom is 0.261 e. The number of thiocarbonyl (C=S) groups is 1. The number of carbonyl (C=O) groups excluding carboxylic acids is 1. The highest BCUT2D eigenvalue weighted by molar-refractivity contribution is 9.10. The van der Waals surface area contributed by atoms with Crippen molar-refractivity contribution in [3.63, 3.8) is 0 Å². The molecule has 3 rings (SSSR count). The summed E-state index contributed by atoms with van der Waals surface area (Å²) < 4.78 is 7.26. The number of halogens is 1. The van der Waals surface area contributed by atoms with Gasteiger partial charge in [-0.1, -0.05) is 39.4 Å². The van der Waals surface area contributed by atoms with Crippen molar-refractivity contribution in [3.8, 4) is 5.75 Å². The van der Waals surface area contributed by atoms with E-state index in [0.717, 1.165) is 31.4 Å². The normalized spacial score (nSPS) is 10.7. The lowest BCUT2D eigenvalue weighted by molar-refractivity contribution is 0.0974. The van der Waals surface area contributed by atoms with Gasteiger partial charge in [-0.2, -0.15) is 0 Å². The van der Waals surface area contributed by atoms with Gasteiger partial charge in [0.2, 0.25) is 0 Å². The van der Waals surface area contributed by atoms with Crippen molar-refractivity contribution in [2.45, 2.75) is 20.8 Å². The van der Waals surface area contributed by atoms with E-state index < -0.39 is 0 Å². The molecule has 140 valence electrons. The van der Waals surface area contributed by atoms with Gasteiger partial charge in [-0.3, -0.25) is 10.1 Å². The minimum atomic E-state index is -0.345. The van der Waals surface area contributed by atoms with E-state index in [2.05, 4.69) is 37.6 Å². The summed E-state index contributed by atoms with van der Waals surface area (Å²) in [5, 5.41) is 6.53. The number of methoxy groups -OCH3 is 1. The molecular formula is C19H18BrN3O2S2. The number of nitrogens with zero attached hydrogens (tertiary/aromatic N) is 1. The third-order valence-electron chi connectivity index (χ3n) is 4.08. The molecule has 8 heteroatoms. The standard InChI is InChI=1S/C19H18BrN3O2S2/c1-9-5-6-10(2)16-14(9)21-19(27-16)23-18(26)22-17(24)13-8-12(20)7-11(3)15(13)25-4/h5-8H,1-4H3,(H2,21,22,23,24,26). The highest BCUT2D eigenvalue weighted by Crippen LogP contribution is 2.31. The van der Waals surface area contributed by atoms with Crippen molar-refractivity contribution >= 4 is 65.9 Å². The van der Waals surface area contributed by atoms with Crippen LogP contribution in [-0.4, -0.2) is 23.1 Å². The second-order valence-electron chi connectivity index (χ2n) is 6.11. The van der Waals surface area contributed by atoms with Crippen molar-refractivity contribution in [1.29, 1.82) is 0 Å². The zero-order valence-electron chi connectivity index (χ0n) is 15.3. The molecule has 0 aliphatic heterocycles. The van der Waals surface area contributed by atoms with E-state index in [9.17, 15) is 4.79 Å². The maximum atomic E-state index is 12.7. The minimum Gasteiger partial charge on any atom is -0.496 e. The molecule has 0 saturated carbocycles. The number of amides is 1. The number of ether oxygens (including phenoxy) is 1. The van der Waals surface area contributed by atoms with Gasteiger partial charge in [-0.05, 0) is 61.8 Å². The first-order valence-electron chi connectivity index (χ1n) is 8.13. The van der Waals surface area contributed by atoms with E-state index >= 15 is 0 Å². The van der Waals surface area contributed by atoms with E-state index in [1.807, 2.05) is 32.9 Å². The smallest absolute Gasteiger partial charge is 0.261 e. The zero-order chi connectivity index (χ0) is 19.7. The van der Waals surface area contributed by atoms with Crippen molar-refractivity contribution in [1.82, 2.24) is 10.3 Å². The summed E-state index contributed by atoms with van der Waals surface area (Å²) >= 11 is 10.2. The molecule has 0 aliphatic carbocycles. The van der Waals surface area contributed by atoms with Crippen molar-refractivity contribution in [2.75, 3.05) is 12.4 Å². The first kappa shape index (κ1) is 19.7. The summed E-state index contributed by atoms with van der Waals surface area (Å²) in [6.45, 7) is 5.95. The third-order valence-corrected chi connectivity index (χ3v) is 5.85. The fraction of sp³-hybridized carbons (Fsp3) is 0.211. The summed E-state index contributed by atoms with van der Waals surface area (Å²) in [5.74, 6) is 0.173. The highest BCUT2D eigenvalue weighted by atomic mass is 79.9. The van der Waals surface area contributed by atoms with Gasteiger partial charge in [0.05, 0.1) is 22.9 Å². The van der Waals surface area contributed by atoms with E-state index in [4.69, 9.17) is 17.0 Å². The number of rotatable bonds is 3. The Bertz CT molecular complexity index is 1020. The Hall–Kier alpha value is -2.03. The first-order valence-corrected chi connectivity index (χ1v) is 10.1. The Kier molecular flexibility index (Phi) is 5.78. The van der Waals surface area contributed by atoms with Crippen LogP contribution in [0.25, 0.3) is 10.2 Å². The third kappa shape index (κ3) is 4.12. The second kappa shape index (κ2) is 7.92. The molecule has 0 saturated heterocycles. The molecule has 27 heavy (non-hydrogen) atoms. The van der Waals surface area contributed by atoms with Gasteiger partial charge in [-0.15, -0.1) is 0 Å². The molecule has 3 aromatic rings. The van der Waals surface area contributed by atoms with Gasteiger partial charge in [0.1, 0.15) is 5.75 Å². The molecule has 2 N–H and O–H groups in total. The van der Waals surface area contributed by atoms with Crippen LogP contribution in [-0.2, 0) is 0 Å². The molecule has 0 atom stereocenters. The summed E-state index contributed by atoms with van der Waals surface area (Å²) in [6.07, 6.45) is 0. The van der Waals surface area contributed by atoms with Crippen LogP contribution in [0, 0.1) is 20.8 Å². The zero-order valence-corrected chi connectivity index (χ0v) is 18.5. The van der Waals surface area contributed by atoms with Gasteiger partial charge in [0.25, 0.3) is 5.91 Å². The van der Waals surface area contributed by atoms with Crippen LogP contribution in [0.15, 0.2) is 28.7 Å². The van der Waals surface area contributed by atoms with Crippen LogP contribution in [0.4, 0.5) is 5.13 Å². The lowest BCUT2D eigenvalue weighted by Gasteiger charge is -2.13. The molecule has 0 bridgehead atoms. The van der Waals surface area contributed by atoms with Crippen LogP contribution in [0.3, 0.4) is 0 Å². The molecule has 0 aliphatic rings. The molecular weight excluding hydrogens is 446 g/mol. The number of hydrogen-bond donors (Lipinski definition) is 2. The SMILES string of the molecule is COc1c(C)cc(Br)cc1C(=O)NC(=S)Nc1nc2c(C)ccc(C)c2s1. The Morgan fingerprint density at radius 1 is 1.19 bits per heavy atom. The summed E-state index contributed by atoms with van der Waals surface area (Å²) in [7, 11) is 1.54. The molecule has 0 fully saturated rings. The average molecular weight is 464 g/mol. The second-order valence-corrected chi connectivity index (χ2v) is 8.43. The summed E-state index contributed by atoms with van der Waals surface area (Å²) in [4.78, 5) is 17.2. The number of thiazole rings is 1. The maximum absolute atomic E-state index is 12.7. The fourth-order valence-corrected chi connectivity index (χ4v) is 4.62. The van der Waals surface area contributed by atoms with Crippen molar-refractivity contribution in [3.05, 3.63) is 51.0 Å². The topological polar surface area (TPSA) is 63.2 Å². The van der Waals surface area contributed by atoms with Gasteiger partial charge in [-0.25, -0.2) is 4.98 Å². The number of anilines is 1. The molecule has 5 nitrogen and oxygen atoms in total. The first-order chi connectivity index (χ1) is 12.8. The fourth-order valence-electron chi connectivity index (χ4n) is 2.78. The molecule has 1 aromatic heterocycles. The average Bonchev–Trinajstić information content (AvgIpc) is 3.02. The summed E-state index contributed by atoms with van der Waals surface area (Å²) in [6, 6.07) is 7.71. The minimum absolute atomic E-state index is 0.189. The van der Waals surface area contributed by atoms with Crippen LogP contribution in [0.5, 0.6) is 5.75 Å². The van der Waals surface area contributed by atoms with E-state index in [1.54, 1.807) is 6.07 Å². The van der Waals surface area contributed by atoms with Gasteiger partial charge in [0.15, 0.2) is 10.2 Å². The van der Waals surface area contributed by atoms with Crippen LogP contribution in [0.2, 0.25) is 0 Å². The van der Waals surface area contributed by atoms with Crippen molar-refractivity contribution < 1.29 is 9.53 Å². The molecule has 0 unspecified atom stereocenters. The Morgan fingerprint density at radius 2 is 1.89 bits per heavy atom. The molecule has 1 heterocycles.